The van der Waals surface area contributed by atoms with Gasteiger partial charge in [-0.3, -0.25) is 0 Å². The standard InChI is InChI=1S/C11H16BrNS/c12-11-7-6-10(14-11)8-13-9-4-2-1-3-5-9/h6-7,9,13H,1-5,8H2. The molecule has 0 radical (unpaired) electrons. The fraction of sp³-hybridized carbons (Fsp3) is 0.636. The summed E-state index contributed by atoms with van der Waals surface area (Å²) < 4.78 is 1.23. The van der Waals surface area contributed by atoms with Gasteiger partial charge in [0, 0.05) is 17.5 Å². The number of hydrogen-bond donors (Lipinski definition) is 1. The maximum absolute atomic E-state index is 3.64. The van der Waals surface area contributed by atoms with E-state index in [-0.39, 0.29) is 0 Å². The van der Waals surface area contributed by atoms with Crippen LogP contribution in [-0.2, 0) is 6.54 Å². The summed E-state index contributed by atoms with van der Waals surface area (Å²) in [7, 11) is 0. The highest BCUT2D eigenvalue weighted by molar-refractivity contribution is 9.11. The molecule has 0 aromatic carbocycles. The number of halogens is 1. The van der Waals surface area contributed by atoms with Crippen molar-refractivity contribution in [3.8, 4) is 0 Å². The van der Waals surface area contributed by atoms with Crippen LogP contribution in [0.4, 0.5) is 0 Å². The van der Waals surface area contributed by atoms with E-state index in [1.165, 1.54) is 40.8 Å². The minimum atomic E-state index is 0.768. The van der Waals surface area contributed by atoms with Crippen molar-refractivity contribution < 1.29 is 0 Å². The van der Waals surface area contributed by atoms with Crippen molar-refractivity contribution in [2.75, 3.05) is 0 Å². The highest BCUT2D eigenvalue weighted by Crippen LogP contribution is 2.23. The van der Waals surface area contributed by atoms with Gasteiger partial charge in [0.15, 0.2) is 0 Å². The second-order valence-corrected chi connectivity index (χ2v) is 6.47. The summed E-state index contributed by atoms with van der Waals surface area (Å²) in [6.07, 6.45) is 6.99. The molecule has 0 bridgehead atoms. The minimum absolute atomic E-state index is 0.768. The minimum Gasteiger partial charge on any atom is -0.309 e. The fourth-order valence-electron chi connectivity index (χ4n) is 2.00. The molecule has 3 heteroatoms. The van der Waals surface area contributed by atoms with Crippen LogP contribution in [0.3, 0.4) is 0 Å². The first kappa shape index (κ1) is 10.7. The molecule has 1 saturated carbocycles. The van der Waals surface area contributed by atoms with Crippen molar-refractivity contribution in [2.45, 2.75) is 44.7 Å². The van der Waals surface area contributed by atoms with E-state index in [2.05, 4.69) is 33.4 Å². The Morgan fingerprint density at radius 2 is 2.07 bits per heavy atom. The molecule has 0 unspecified atom stereocenters. The van der Waals surface area contributed by atoms with Gasteiger partial charge in [0.05, 0.1) is 3.79 Å². The summed E-state index contributed by atoms with van der Waals surface area (Å²) in [5.74, 6) is 0. The van der Waals surface area contributed by atoms with Gasteiger partial charge in [-0.25, -0.2) is 0 Å². The van der Waals surface area contributed by atoms with Crippen LogP contribution in [0.25, 0.3) is 0 Å². The van der Waals surface area contributed by atoms with Crippen LogP contribution in [0.1, 0.15) is 37.0 Å². The molecule has 1 heterocycles. The van der Waals surface area contributed by atoms with E-state index in [1.54, 1.807) is 0 Å². The molecule has 78 valence electrons. The highest BCUT2D eigenvalue weighted by Gasteiger charge is 2.12. The number of rotatable bonds is 3. The van der Waals surface area contributed by atoms with Gasteiger partial charge < -0.3 is 5.32 Å². The van der Waals surface area contributed by atoms with Gasteiger partial charge in [0.1, 0.15) is 0 Å². The molecule has 1 N–H and O–H groups in total. The van der Waals surface area contributed by atoms with E-state index >= 15 is 0 Å². The zero-order chi connectivity index (χ0) is 9.80. The van der Waals surface area contributed by atoms with Gasteiger partial charge in [-0.2, -0.15) is 0 Å². The fourth-order valence-corrected chi connectivity index (χ4v) is 3.43. The number of nitrogens with one attached hydrogen (secondary N) is 1. The second-order valence-electron chi connectivity index (χ2n) is 3.92. The Bertz CT molecular complexity index is 279. The molecule has 1 aromatic rings. The van der Waals surface area contributed by atoms with Crippen LogP contribution >= 0.6 is 27.3 Å². The normalized spacial score (nSPS) is 18.6. The quantitative estimate of drug-likeness (QED) is 0.880. The van der Waals surface area contributed by atoms with Gasteiger partial charge in [0.25, 0.3) is 0 Å². The first-order valence-electron chi connectivity index (χ1n) is 5.32. The molecule has 0 amide bonds. The lowest BCUT2D eigenvalue weighted by molar-refractivity contribution is 0.373. The highest BCUT2D eigenvalue weighted by atomic mass is 79.9. The molecule has 0 spiro atoms. The third-order valence-corrected chi connectivity index (χ3v) is 4.42. The van der Waals surface area contributed by atoms with Gasteiger partial charge >= 0.3 is 0 Å². The Balaban J connectivity index is 1.76. The third kappa shape index (κ3) is 3.07. The maximum atomic E-state index is 3.64. The number of hydrogen-bond acceptors (Lipinski definition) is 2. The van der Waals surface area contributed by atoms with E-state index in [9.17, 15) is 0 Å². The van der Waals surface area contributed by atoms with Crippen LogP contribution in [-0.4, -0.2) is 6.04 Å². The average Bonchev–Trinajstić information content (AvgIpc) is 2.63. The Kier molecular flexibility index (Phi) is 4.02. The van der Waals surface area contributed by atoms with E-state index in [0.717, 1.165) is 12.6 Å². The van der Waals surface area contributed by atoms with Crippen molar-refractivity contribution in [3.05, 3.63) is 20.8 Å². The Morgan fingerprint density at radius 3 is 2.71 bits per heavy atom. The topological polar surface area (TPSA) is 12.0 Å². The molecule has 1 aliphatic carbocycles. The van der Waals surface area contributed by atoms with Crippen LogP contribution in [0.2, 0.25) is 0 Å². The number of thiophene rings is 1. The monoisotopic (exact) mass is 273 g/mol. The summed E-state index contributed by atoms with van der Waals surface area (Å²) in [5, 5.41) is 3.64. The summed E-state index contributed by atoms with van der Waals surface area (Å²) >= 11 is 5.32. The van der Waals surface area contributed by atoms with Crippen molar-refractivity contribution in [3.63, 3.8) is 0 Å². The van der Waals surface area contributed by atoms with E-state index in [1.807, 2.05) is 11.3 Å². The van der Waals surface area contributed by atoms with E-state index in [4.69, 9.17) is 0 Å². The molecule has 2 rings (SSSR count). The van der Waals surface area contributed by atoms with Crippen molar-refractivity contribution in [2.24, 2.45) is 0 Å². The average molecular weight is 274 g/mol. The van der Waals surface area contributed by atoms with Gasteiger partial charge in [-0.1, -0.05) is 19.3 Å². The summed E-state index contributed by atoms with van der Waals surface area (Å²) in [6.45, 7) is 1.04. The van der Waals surface area contributed by atoms with Crippen molar-refractivity contribution >= 4 is 27.3 Å². The largest absolute Gasteiger partial charge is 0.309 e. The molecular weight excluding hydrogens is 258 g/mol. The first-order chi connectivity index (χ1) is 6.84. The van der Waals surface area contributed by atoms with E-state index < -0.39 is 0 Å². The second kappa shape index (κ2) is 5.29. The smallest absolute Gasteiger partial charge is 0.0701 e. The van der Waals surface area contributed by atoms with Gasteiger partial charge in [0.2, 0.25) is 0 Å². The van der Waals surface area contributed by atoms with Gasteiger partial charge in [-0.05, 0) is 40.9 Å². The molecular formula is C11H16BrNS. The third-order valence-electron chi connectivity index (χ3n) is 2.80. The zero-order valence-corrected chi connectivity index (χ0v) is 10.7. The Morgan fingerprint density at radius 1 is 1.29 bits per heavy atom. The predicted octanol–water partition coefficient (Wildman–Crippen LogP) is 3.93. The SMILES string of the molecule is Brc1ccc(CNC2CCCCC2)s1. The molecule has 14 heavy (non-hydrogen) atoms. The molecule has 1 aliphatic rings. The lowest BCUT2D eigenvalue weighted by atomic mass is 9.95. The molecule has 1 aromatic heterocycles. The zero-order valence-electron chi connectivity index (χ0n) is 8.26. The van der Waals surface area contributed by atoms with Crippen LogP contribution in [0, 0.1) is 0 Å². The summed E-state index contributed by atoms with van der Waals surface area (Å²) in [4.78, 5) is 1.43. The molecule has 1 nitrogen and oxygen atoms in total. The molecule has 0 atom stereocenters. The maximum Gasteiger partial charge on any atom is 0.0701 e. The Hall–Kier alpha value is 0.140. The molecule has 0 saturated heterocycles. The van der Waals surface area contributed by atoms with E-state index in [0.29, 0.717) is 0 Å². The molecule has 0 aliphatic heterocycles. The lowest BCUT2D eigenvalue weighted by Gasteiger charge is -2.22. The van der Waals surface area contributed by atoms with Crippen molar-refractivity contribution in [1.29, 1.82) is 0 Å². The molecule has 1 fully saturated rings. The summed E-state index contributed by atoms with van der Waals surface area (Å²) in [5.41, 5.74) is 0. The van der Waals surface area contributed by atoms with Crippen molar-refractivity contribution in [1.82, 2.24) is 5.32 Å². The predicted molar refractivity (Wildman–Crippen MR) is 65.7 cm³/mol. The Labute approximate surface area is 98.0 Å². The van der Waals surface area contributed by atoms with Crippen LogP contribution < -0.4 is 5.32 Å². The lowest BCUT2D eigenvalue weighted by Crippen LogP contribution is -2.30. The van der Waals surface area contributed by atoms with Crippen LogP contribution in [0.5, 0.6) is 0 Å². The van der Waals surface area contributed by atoms with Gasteiger partial charge in [-0.15, -0.1) is 11.3 Å². The first-order valence-corrected chi connectivity index (χ1v) is 6.93. The van der Waals surface area contributed by atoms with Crippen LogP contribution in [0.15, 0.2) is 15.9 Å². The summed E-state index contributed by atoms with van der Waals surface area (Å²) in [6, 6.07) is 5.09.